The van der Waals surface area contributed by atoms with Gasteiger partial charge in [0.05, 0.1) is 0 Å². The average molecular weight is 212 g/mol. The van der Waals surface area contributed by atoms with Gasteiger partial charge in [0, 0.05) is 19.5 Å². The van der Waals surface area contributed by atoms with Gasteiger partial charge < -0.3 is 10.2 Å². The van der Waals surface area contributed by atoms with Crippen LogP contribution in [0.3, 0.4) is 0 Å². The summed E-state index contributed by atoms with van der Waals surface area (Å²) < 4.78 is 0. The lowest BCUT2D eigenvalue weighted by Crippen LogP contribution is -2.43. The normalized spacial score (nSPS) is 20.3. The van der Waals surface area contributed by atoms with Crippen LogP contribution in [0.25, 0.3) is 0 Å². The molecule has 0 saturated carbocycles. The molecular weight excluding hydrogens is 188 g/mol. The molecule has 0 atom stereocenters. The molecule has 0 aromatic heterocycles. The second-order valence-corrected chi connectivity index (χ2v) is 5.29. The fourth-order valence-corrected chi connectivity index (χ4v) is 2.21. The number of hydrogen-bond donors (Lipinski definition) is 1. The molecule has 0 radical (unpaired) electrons. The lowest BCUT2D eigenvalue weighted by Gasteiger charge is -2.38. The Morgan fingerprint density at radius 3 is 2.80 bits per heavy atom. The molecule has 1 rings (SSSR count). The van der Waals surface area contributed by atoms with Crippen LogP contribution in [-0.4, -0.2) is 37.5 Å². The van der Waals surface area contributed by atoms with E-state index >= 15 is 0 Å². The molecule has 1 aliphatic rings. The van der Waals surface area contributed by atoms with Crippen molar-refractivity contribution in [1.29, 1.82) is 0 Å². The van der Waals surface area contributed by atoms with Gasteiger partial charge in [0.15, 0.2) is 0 Å². The van der Waals surface area contributed by atoms with E-state index in [-0.39, 0.29) is 0 Å². The Labute approximate surface area is 93.2 Å². The Hall–Kier alpha value is -0.570. The number of carbonyl (C=O) groups is 1. The minimum Gasteiger partial charge on any atom is -0.342 e. The summed E-state index contributed by atoms with van der Waals surface area (Å²) in [5.41, 5.74) is 0.316. The SMILES string of the molecule is CNCCCC(=O)N1CCCC(C)(C)C1. The van der Waals surface area contributed by atoms with Crippen molar-refractivity contribution >= 4 is 5.91 Å². The van der Waals surface area contributed by atoms with Gasteiger partial charge in [-0.3, -0.25) is 4.79 Å². The molecule has 0 aromatic rings. The van der Waals surface area contributed by atoms with Gasteiger partial charge >= 0.3 is 0 Å². The average Bonchev–Trinajstić information content (AvgIpc) is 2.16. The van der Waals surface area contributed by atoms with Gasteiger partial charge in [-0.05, 0) is 38.3 Å². The Bertz CT molecular complexity index is 214. The third-order valence-corrected chi connectivity index (χ3v) is 3.07. The van der Waals surface area contributed by atoms with Crippen molar-refractivity contribution in [2.24, 2.45) is 5.41 Å². The van der Waals surface area contributed by atoms with Gasteiger partial charge in [-0.15, -0.1) is 0 Å². The number of nitrogens with one attached hydrogen (secondary N) is 1. The Kier molecular flexibility index (Phi) is 4.58. The minimum absolute atomic E-state index is 0.316. The molecule has 3 heteroatoms. The highest BCUT2D eigenvalue weighted by Crippen LogP contribution is 2.28. The van der Waals surface area contributed by atoms with Crippen LogP contribution < -0.4 is 5.32 Å². The van der Waals surface area contributed by atoms with Gasteiger partial charge in [0.25, 0.3) is 0 Å². The standard InChI is InChI=1S/C12H24N2O/c1-12(2)7-5-9-14(10-12)11(15)6-4-8-13-3/h13H,4-10H2,1-3H3. The summed E-state index contributed by atoms with van der Waals surface area (Å²) in [5, 5.41) is 3.07. The largest absolute Gasteiger partial charge is 0.342 e. The molecule has 1 aliphatic heterocycles. The number of likely N-dealkylation sites (tertiary alicyclic amines) is 1. The molecule has 0 spiro atoms. The van der Waals surface area contributed by atoms with Crippen LogP contribution >= 0.6 is 0 Å². The van der Waals surface area contributed by atoms with Crippen molar-refractivity contribution in [3.05, 3.63) is 0 Å². The van der Waals surface area contributed by atoms with Gasteiger partial charge in [-0.25, -0.2) is 0 Å². The number of amides is 1. The first kappa shape index (κ1) is 12.5. The monoisotopic (exact) mass is 212 g/mol. The summed E-state index contributed by atoms with van der Waals surface area (Å²) in [6.45, 7) is 7.33. The van der Waals surface area contributed by atoms with Crippen molar-refractivity contribution in [1.82, 2.24) is 10.2 Å². The smallest absolute Gasteiger partial charge is 0.222 e. The zero-order valence-corrected chi connectivity index (χ0v) is 10.3. The van der Waals surface area contributed by atoms with E-state index in [2.05, 4.69) is 19.2 Å². The summed E-state index contributed by atoms with van der Waals surface area (Å²) >= 11 is 0. The van der Waals surface area contributed by atoms with E-state index < -0.39 is 0 Å². The van der Waals surface area contributed by atoms with Gasteiger partial charge in [-0.1, -0.05) is 13.8 Å². The van der Waals surface area contributed by atoms with Crippen LogP contribution in [0.2, 0.25) is 0 Å². The highest BCUT2D eigenvalue weighted by Gasteiger charge is 2.28. The Balaban J connectivity index is 2.32. The van der Waals surface area contributed by atoms with Gasteiger partial charge in [-0.2, -0.15) is 0 Å². The zero-order chi connectivity index (χ0) is 11.3. The third-order valence-electron chi connectivity index (χ3n) is 3.07. The highest BCUT2D eigenvalue weighted by atomic mass is 16.2. The molecule has 1 saturated heterocycles. The first-order chi connectivity index (χ1) is 7.05. The molecule has 0 unspecified atom stereocenters. The molecule has 3 nitrogen and oxygen atoms in total. The predicted octanol–water partition coefficient (Wildman–Crippen LogP) is 1.63. The summed E-state index contributed by atoms with van der Waals surface area (Å²) in [4.78, 5) is 13.9. The number of rotatable bonds is 4. The maximum Gasteiger partial charge on any atom is 0.222 e. The van der Waals surface area contributed by atoms with Crippen molar-refractivity contribution < 1.29 is 4.79 Å². The number of nitrogens with zero attached hydrogens (tertiary/aromatic N) is 1. The van der Waals surface area contributed by atoms with E-state index in [0.29, 0.717) is 17.7 Å². The summed E-state index contributed by atoms with van der Waals surface area (Å²) in [7, 11) is 1.93. The molecular formula is C12H24N2O. The van der Waals surface area contributed by atoms with E-state index in [1.165, 1.54) is 6.42 Å². The molecule has 1 heterocycles. The molecule has 1 fully saturated rings. The molecule has 15 heavy (non-hydrogen) atoms. The van der Waals surface area contributed by atoms with E-state index in [1.807, 2.05) is 11.9 Å². The first-order valence-corrected chi connectivity index (χ1v) is 5.97. The molecule has 0 aromatic carbocycles. The van der Waals surface area contributed by atoms with Crippen LogP contribution in [0.1, 0.15) is 39.5 Å². The number of carbonyl (C=O) groups excluding carboxylic acids is 1. The van der Waals surface area contributed by atoms with E-state index in [4.69, 9.17) is 0 Å². The lowest BCUT2D eigenvalue weighted by molar-refractivity contribution is -0.134. The second-order valence-electron chi connectivity index (χ2n) is 5.29. The number of piperidine rings is 1. The quantitative estimate of drug-likeness (QED) is 0.718. The van der Waals surface area contributed by atoms with Gasteiger partial charge in [0.1, 0.15) is 0 Å². The van der Waals surface area contributed by atoms with Crippen molar-refractivity contribution in [2.45, 2.75) is 39.5 Å². The highest BCUT2D eigenvalue weighted by molar-refractivity contribution is 5.76. The van der Waals surface area contributed by atoms with Crippen LogP contribution in [0.4, 0.5) is 0 Å². The molecule has 0 aliphatic carbocycles. The van der Waals surface area contributed by atoms with Crippen molar-refractivity contribution in [2.75, 3.05) is 26.7 Å². The Morgan fingerprint density at radius 2 is 2.20 bits per heavy atom. The van der Waals surface area contributed by atoms with Crippen molar-refractivity contribution in [3.63, 3.8) is 0 Å². The maximum absolute atomic E-state index is 11.9. The number of hydrogen-bond acceptors (Lipinski definition) is 2. The minimum atomic E-state index is 0.316. The lowest BCUT2D eigenvalue weighted by atomic mass is 9.84. The summed E-state index contributed by atoms with van der Waals surface area (Å²) in [5.74, 6) is 0.332. The Morgan fingerprint density at radius 1 is 1.47 bits per heavy atom. The predicted molar refractivity (Wildman–Crippen MR) is 62.8 cm³/mol. The van der Waals surface area contributed by atoms with E-state index in [0.717, 1.165) is 32.5 Å². The first-order valence-electron chi connectivity index (χ1n) is 5.97. The molecule has 1 N–H and O–H groups in total. The van der Waals surface area contributed by atoms with Crippen LogP contribution in [0.15, 0.2) is 0 Å². The third kappa shape index (κ3) is 4.20. The molecule has 0 bridgehead atoms. The van der Waals surface area contributed by atoms with E-state index in [1.54, 1.807) is 0 Å². The maximum atomic E-state index is 11.9. The summed E-state index contributed by atoms with van der Waals surface area (Å²) in [6.07, 6.45) is 4.04. The fraction of sp³-hybridized carbons (Fsp3) is 0.917. The van der Waals surface area contributed by atoms with Crippen LogP contribution in [-0.2, 0) is 4.79 Å². The molecule has 1 amide bonds. The topological polar surface area (TPSA) is 32.3 Å². The van der Waals surface area contributed by atoms with Crippen LogP contribution in [0.5, 0.6) is 0 Å². The fourth-order valence-electron chi connectivity index (χ4n) is 2.21. The van der Waals surface area contributed by atoms with E-state index in [9.17, 15) is 4.79 Å². The van der Waals surface area contributed by atoms with Crippen molar-refractivity contribution in [3.8, 4) is 0 Å². The summed E-state index contributed by atoms with van der Waals surface area (Å²) in [6, 6.07) is 0. The zero-order valence-electron chi connectivity index (χ0n) is 10.3. The molecule has 88 valence electrons. The van der Waals surface area contributed by atoms with Gasteiger partial charge in [0.2, 0.25) is 5.91 Å². The second kappa shape index (κ2) is 5.50. The van der Waals surface area contributed by atoms with Crippen LogP contribution in [0, 0.1) is 5.41 Å².